The minimum atomic E-state index is -3.69. The number of quaternary nitrogens is 1. The van der Waals surface area contributed by atoms with Gasteiger partial charge in [-0.2, -0.15) is 0 Å². The Bertz CT molecular complexity index is 943. The van der Waals surface area contributed by atoms with Gasteiger partial charge in [-0.25, -0.2) is 13.6 Å². The molecule has 1 heterocycles. The maximum Gasteiger partial charge on any atom is 0.287 e. The van der Waals surface area contributed by atoms with Gasteiger partial charge in [0, 0.05) is 13.0 Å². The van der Waals surface area contributed by atoms with Gasteiger partial charge in [-0.3, -0.25) is 14.5 Å². The van der Waals surface area contributed by atoms with Crippen LogP contribution in [0.1, 0.15) is 17.5 Å². The molecule has 2 amide bonds. The van der Waals surface area contributed by atoms with Gasteiger partial charge in [-0.15, -0.1) is 0 Å². The van der Waals surface area contributed by atoms with Crippen LogP contribution in [0.15, 0.2) is 59.5 Å². The number of hydrogen-bond acceptors (Lipinski definition) is 4. The molecule has 0 aliphatic carbocycles. The lowest BCUT2D eigenvalue weighted by Crippen LogP contribution is -2.92. The van der Waals surface area contributed by atoms with E-state index in [2.05, 4.69) is 0 Å². The number of hydrogen-bond donors (Lipinski definition) is 2. The molecule has 1 fully saturated rings. The van der Waals surface area contributed by atoms with Crippen LogP contribution in [0.3, 0.4) is 0 Å². The maximum absolute atomic E-state index is 12.5. The zero-order valence-electron chi connectivity index (χ0n) is 15.5. The lowest BCUT2D eigenvalue weighted by Gasteiger charge is -2.14. The van der Waals surface area contributed by atoms with E-state index in [-0.39, 0.29) is 29.2 Å². The van der Waals surface area contributed by atoms with Gasteiger partial charge in [0.2, 0.25) is 15.9 Å². The summed E-state index contributed by atoms with van der Waals surface area (Å²) in [6, 6.07) is 15.8. The van der Waals surface area contributed by atoms with Crippen LogP contribution >= 0.6 is 0 Å². The predicted molar refractivity (Wildman–Crippen MR) is 104 cm³/mol. The third-order valence-electron chi connectivity index (χ3n) is 4.88. The number of benzene rings is 2. The molecule has 0 bridgehead atoms. The second-order valence-electron chi connectivity index (χ2n) is 6.89. The number of imide groups is 1. The average Bonchev–Trinajstić information content (AvgIpc) is 2.94. The van der Waals surface area contributed by atoms with Crippen molar-refractivity contribution in [2.45, 2.75) is 30.2 Å². The Morgan fingerprint density at radius 1 is 0.964 bits per heavy atom. The largest absolute Gasteiger partial charge is 0.335 e. The molecule has 0 spiro atoms. The number of amides is 2. The van der Waals surface area contributed by atoms with Crippen LogP contribution < -0.4 is 10.5 Å². The van der Waals surface area contributed by atoms with Crippen LogP contribution in [-0.4, -0.2) is 44.3 Å². The first kappa shape index (κ1) is 20.2. The summed E-state index contributed by atoms with van der Waals surface area (Å²) in [5.41, 5.74) is 2.04. The highest BCUT2D eigenvalue weighted by atomic mass is 32.2. The van der Waals surface area contributed by atoms with E-state index in [1.54, 1.807) is 12.1 Å². The number of nitrogens with zero attached hydrogens (tertiary/aromatic N) is 1. The van der Waals surface area contributed by atoms with E-state index < -0.39 is 10.0 Å². The van der Waals surface area contributed by atoms with E-state index in [1.807, 2.05) is 35.6 Å². The molecule has 0 radical (unpaired) electrons. The van der Waals surface area contributed by atoms with Gasteiger partial charge in [0.25, 0.3) is 5.91 Å². The van der Waals surface area contributed by atoms with E-state index in [1.165, 1.54) is 17.0 Å². The predicted octanol–water partition coefficient (Wildman–Crippen LogP) is -0.190. The third kappa shape index (κ3) is 5.03. The highest BCUT2D eigenvalue weighted by molar-refractivity contribution is 7.89. The molecule has 0 saturated carbocycles. The molecule has 1 aliphatic heterocycles. The van der Waals surface area contributed by atoms with Crippen molar-refractivity contribution in [3.63, 3.8) is 0 Å². The Labute approximate surface area is 164 Å². The molecule has 1 unspecified atom stereocenters. The van der Waals surface area contributed by atoms with Crippen molar-refractivity contribution in [2.75, 3.05) is 13.1 Å². The lowest BCUT2D eigenvalue weighted by atomic mass is 10.1. The zero-order valence-corrected chi connectivity index (χ0v) is 16.3. The molecular weight excluding hydrogens is 378 g/mol. The van der Waals surface area contributed by atoms with Gasteiger partial charge in [-0.1, -0.05) is 42.5 Å². The van der Waals surface area contributed by atoms with Crippen LogP contribution in [0.4, 0.5) is 0 Å². The molecule has 1 saturated heterocycles. The highest BCUT2D eigenvalue weighted by Crippen LogP contribution is 2.12. The molecule has 2 aromatic rings. The van der Waals surface area contributed by atoms with E-state index in [0.29, 0.717) is 25.9 Å². The second-order valence-corrected chi connectivity index (χ2v) is 8.45. The molecule has 2 aromatic carbocycles. The summed E-state index contributed by atoms with van der Waals surface area (Å²) in [7, 11) is -3.69. The number of likely N-dealkylation sites (tertiary alicyclic amines) is 1. The summed E-state index contributed by atoms with van der Waals surface area (Å²) < 4.78 is 22.5. The van der Waals surface area contributed by atoms with Gasteiger partial charge in [0.1, 0.15) is 0 Å². The van der Waals surface area contributed by atoms with Crippen molar-refractivity contribution >= 4 is 21.8 Å². The Hall–Kier alpha value is -2.55. The fraction of sp³-hybridized carbons (Fsp3) is 0.300. The topological polar surface area (TPSA) is 114 Å². The van der Waals surface area contributed by atoms with Gasteiger partial charge < -0.3 is 5.32 Å². The SMILES string of the molecule is NS(=O)(=O)c1ccc(CC[NH2+]C2CC(=O)N(CCc3ccccc3)C2=O)cc1. The van der Waals surface area contributed by atoms with Crippen molar-refractivity contribution in [3.05, 3.63) is 65.7 Å². The number of sulfonamides is 1. The van der Waals surface area contributed by atoms with Crippen molar-refractivity contribution < 1.29 is 23.3 Å². The van der Waals surface area contributed by atoms with Crippen LogP contribution in [0.25, 0.3) is 0 Å². The summed E-state index contributed by atoms with van der Waals surface area (Å²) in [4.78, 5) is 26.2. The minimum absolute atomic E-state index is 0.0749. The quantitative estimate of drug-likeness (QED) is 0.596. The van der Waals surface area contributed by atoms with E-state index in [4.69, 9.17) is 5.14 Å². The summed E-state index contributed by atoms with van der Waals surface area (Å²) in [5, 5.41) is 6.97. The summed E-state index contributed by atoms with van der Waals surface area (Å²) in [5.74, 6) is -0.259. The molecule has 28 heavy (non-hydrogen) atoms. The van der Waals surface area contributed by atoms with Crippen LogP contribution in [0.2, 0.25) is 0 Å². The van der Waals surface area contributed by atoms with Crippen molar-refractivity contribution in [1.29, 1.82) is 0 Å². The molecule has 4 N–H and O–H groups in total. The number of nitrogens with two attached hydrogens (primary N) is 2. The molecule has 0 aromatic heterocycles. The molecule has 8 heteroatoms. The minimum Gasteiger partial charge on any atom is -0.335 e. The number of primary sulfonamides is 1. The summed E-state index contributed by atoms with van der Waals surface area (Å²) in [6.07, 6.45) is 1.53. The van der Waals surface area contributed by atoms with E-state index >= 15 is 0 Å². The maximum atomic E-state index is 12.5. The molecule has 148 valence electrons. The molecular formula is C20H24N3O4S+. The first-order valence-corrected chi connectivity index (χ1v) is 10.7. The third-order valence-corrected chi connectivity index (χ3v) is 5.81. The van der Waals surface area contributed by atoms with Gasteiger partial charge in [0.05, 0.1) is 17.9 Å². The molecule has 1 atom stereocenters. The Balaban J connectivity index is 1.48. The molecule has 3 rings (SSSR count). The standard InChI is InChI=1S/C20H23N3O4S/c21-28(26,27)17-8-6-16(7-9-17)10-12-22-18-14-19(24)23(20(18)25)13-11-15-4-2-1-3-5-15/h1-9,18,22H,10-14H2,(H2,21,26,27)/p+1. The van der Waals surface area contributed by atoms with Gasteiger partial charge in [-0.05, 0) is 29.7 Å². The number of carbonyl (C=O) groups is 2. The second kappa shape index (κ2) is 8.64. The summed E-state index contributed by atoms with van der Waals surface area (Å²) >= 11 is 0. The molecule has 1 aliphatic rings. The van der Waals surface area contributed by atoms with E-state index in [9.17, 15) is 18.0 Å². The fourth-order valence-corrected chi connectivity index (χ4v) is 3.83. The van der Waals surface area contributed by atoms with Crippen molar-refractivity contribution in [2.24, 2.45) is 5.14 Å². The van der Waals surface area contributed by atoms with Crippen LogP contribution in [0.5, 0.6) is 0 Å². The Morgan fingerprint density at radius 2 is 1.61 bits per heavy atom. The molecule has 7 nitrogen and oxygen atoms in total. The monoisotopic (exact) mass is 402 g/mol. The lowest BCUT2D eigenvalue weighted by molar-refractivity contribution is -0.674. The normalized spacial score (nSPS) is 17.3. The van der Waals surface area contributed by atoms with Crippen molar-refractivity contribution in [1.82, 2.24) is 4.90 Å². The van der Waals surface area contributed by atoms with Crippen LogP contribution in [-0.2, 0) is 32.5 Å². The first-order valence-electron chi connectivity index (χ1n) is 9.18. The van der Waals surface area contributed by atoms with E-state index in [0.717, 1.165) is 11.1 Å². The van der Waals surface area contributed by atoms with Crippen molar-refractivity contribution in [3.8, 4) is 0 Å². The Kier molecular flexibility index (Phi) is 6.23. The highest BCUT2D eigenvalue weighted by Gasteiger charge is 2.40. The van der Waals surface area contributed by atoms with Crippen LogP contribution in [0, 0.1) is 0 Å². The summed E-state index contributed by atoms with van der Waals surface area (Å²) in [6.45, 7) is 1.03. The average molecular weight is 402 g/mol. The Morgan fingerprint density at radius 3 is 2.25 bits per heavy atom. The fourth-order valence-electron chi connectivity index (χ4n) is 3.31. The zero-order chi connectivity index (χ0) is 20.1. The first-order chi connectivity index (χ1) is 13.3. The number of rotatable bonds is 8. The number of carbonyl (C=O) groups excluding carboxylic acids is 2. The van der Waals surface area contributed by atoms with Gasteiger partial charge in [0.15, 0.2) is 6.04 Å². The van der Waals surface area contributed by atoms with Gasteiger partial charge >= 0.3 is 0 Å². The smallest absolute Gasteiger partial charge is 0.287 e.